The number of ketones is 1. The molecule has 7 heteroatoms. The summed E-state index contributed by atoms with van der Waals surface area (Å²) in [7, 11) is 1.30. The summed E-state index contributed by atoms with van der Waals surface area (Å²) in [4.78, 5) is 35.6. The predicted octanol–water partition coefficient (Wildman–Crippen LogP) is -0.601. The fourth-order valence-electron chi connectivity index (χ4n) is 1.65. The van der Waals surface area contributed by atoms with Gasteiger partial charge in [0.25, 0.3) is 5.91 Å². The van der Waals surface area contributed by atoms with Crippen LogP contribution in [0.4, 0.5) is 0 Å². The van der Waals surface area contributed by atoms with Crippen molar-refractivity contribution in [3.8, 4) is 0 Å². The monoisotopic (exact) mass is 275 g/mol. The van der Waals surface area contributed by atoms with Gasteiger partial charge in [-0.25, -0.2) is 4.79 Å². The number of rotatable bonds is 7. The van der Waals surface area contributed by atoms with Gasteiger partial charge in [0.2, 0.25) is 5.60 Å². The van der Waals surface area contributed by atoms with E-state index in [1.165, 1.54) is 14.0 Å². The Bertz CT molecular complexity index is 363. The van der Waals surface area contributed by atoms with Gasteiger partial charge in [-0.15, -0.1) is 0 Å². The molecule has 0 rings (SSSR count). The van der Waals surface area contributed by atoms with Crippen LogP contribution in [0.2, 0.25) is 0 Å². The third-order valence-corrected chi connectivity index (χ3v) is 2.93. The summed E-state index contributed by atoms with van der Waals surface area (Å²) in [6.07, 6.45) is -0.576. The van der Waals surface area contributed by atoms with Crippen LogP contribution in [-0.2, 0) is 14.4 Å². The van der Waals surface area contributed by atoms with Gasteiger partial charge in [0.05, 0.1) is 6.04 Å². The van der Waals surface area contributed by atoms with Gasteiger partial charge in [-0.1, -0.05) is 13.3 Å². The zero-order valence-electron chi connectivity index (χ0n) is 11.6. The van der Waals surface area contributed by atoms with E-state index in [9.17, 15) is 24.6 Å². The molecule has 0 aromatic carbocycles. The Morgan fingerprint density at radius 3 is 2.11 bits per heavy atom. The molecule has 0 spiro atoms. The molecule has 0 fully saturated rings. The zero-order chi connectivity index (χ0) is 15.4. The Morgan fingerprint density at radius 1 is 1.32 bits per heavy atom. The number of carbonyl (C=O) groups excluding carboxylic acids is 2. The highest BCUT2D eigenvalue weighted by molar-refractivity contribution is 6.09. The molecule has 110 valence electrons. The van der Waals surface area contributed by atoms with Gasteiger partial charge in [-0.05, 0) is 20.3 Å². The molecule has 0 aliphatic carbocycles. The number of amides is 1. The topological polar surface area (TPSA) is 115 Å². The summed E-state index contributed by atoms with van der Waals surface area (Å²) in [6, 6.07) is -1.09. The number of aliphatic carboxylic acids is 1. The van der Waals surface area contributed by atoms with E-state index in [0.717, 1.165) is 11.8 Å². The lowest BCUT2D eigenvalue weighted by Crippen LogP contribution is -2.56. The minimum atomic E-state index is -2.56. The summed E-state index contributed by atoms with van der Waals surface area (Å²) >= 11 is 0. The van der Waals surface area contributed by atoms with E-state index in [-0.39, 0.29) is 6.42 Å². The van der Waals surface area contributed by atoms with E-state index in [2.05, 4.69) is 0 Å². The molecule has 1 amide bonds. The van der Waals surface area contributed by atoms with Crippen LogP contribution in [-0.4, -0.2) is 62.7 Å². The maximum absolute atomic E-state index is 12.1. The number of likely N-dealkylation sites (N-methyl/N-ethyl adjacent to an activating group) is 1. The van der Waals surface area contributed by atoms with Crippen LogP contribution in [0.15, 0.2) is 0 Å². The lowest BCUT2D eigenvalue weighted by molar-refractivity contribution is -0.167. The van der Waals surface area contributed by atoms with Crippen molar-refractivity contribution in [1.82, 2.24) is 4.90 Å². The third-order valence-electron chi connectivity index (χ3n) is 2.93. The van der Waals surface area contributed by atoms with Crippen molar-refractivity contribution in [2.45, 2.75) is 51.4 Å². The normalized spacial score (nSPS) is 17.2. The van der Waals surface area contributed by atoms with E-state index >= 15 is 0 Å². The van der Waals surface area contributed by atoms with E-state index in [1.54, 1.807) is 6.92 Å². The summed E-state index contributed by atoms with van der Waals surface area (Å²) in [6.45, 7) is 3.89. The first-order valence-electron chi connectivity index (χ1n) is 6.02. The molecule has 3 atom stereocenters. The number of carboxylic acids is 1. The lowest BCUT2D eigenvalue weighted by Gasteiger charge is -2.31. The van der Waals surface area contributed by atoms with Crippen molar-refractivity contribution in [1.29, 1.82) is 0 Å². The highest BCUT2D eigenvalue weighted by atomic mass is 16.4. The molecule has 3 N–H and O–H groups in total. The molecule has 0 aliphatic rings. The lowest BCUT2D eigenvalue weighted by atomic mass is 9.91. The van der Waals surface area contributed by atoms with E-state index in [0.29, 0.717) is 6.42 Å². The van der Waals surface area contributed by atoms with Gasteiger partial charge in [0, 0.05) is 7.05 Å². The minimum absolute atomic E-state index is 0.206. The summed E-state index contributed by atoms with van der Waals surface area (Å²) in [5.74, 6) is -3.34. The van der Waals surface area contributed by atoms with Crippen LogP contribution < -0.4 is 0 Å². The number of hydrogen-bond acceptors (Lipinski definition) is 5. The third kappa shape index (κ3) is 4.00. The fourth-order valence-corrected chi connectivity index (χ4v) is 1.65. The number of aliphatic hydroxyl groups excluding tert-OH is 1. The summed E-state index contributed by atoms with van der Waals surface area (Å²) < 4.78 is 0. The molecule has 7 nitrogen and oxygen atoms in total. The summed E-state index contributed by atoms with van der Waals surface area (Å²) in [5, 5.41) is 27.7. The maximum atomic E-state index is 12.1. The van der Waals surface area contributed by atoms with Gasteiger partial charge in [0.15, 0.2) is 5.78 Å². The van der Waals surface area contributed by atoms with Crippen molar-refractivity contribution in [2.75, 3.05) is 7.05 Å². The second-order valence-corrected chi connectivity index (χ2v) is 4.67. The van der Waals surface area contributed by atoms with Gasteiger partial charge < -0.3 is 20.2 Å². The summed E-state index contributed by atoms with van der Waals surface area (Å²) in [5.41, 5.74) is -2.56. The Labute approximate surface area is 111 Å². The highest BCUT2D eigenvalue weighted by Crippen LogP contribution is 2.17. The second-order valence-electron chi connectivity index (χ2n) is 4.67. The Morgan fingerprint density at radius 2 is 1.79 bits per heavy atom. The Kier molecular flexibility index (Phi) is 6.11. The first kappa shape index (κ1) is 17.5. The number of nitrogens with zero attached hydrogens (tertiary/aromatic N) is 1. The van der Waals surface area contributed by atoms with Crippen LogP contribution in [0.5, 0.6) is 0 Å². The molecular weight excluding hydrogens is 254 g/mol. The average molecular weight is 275 g/mol. The number of aliphatic hydroxyl groups is 2. The molecule has 0 aromatic rings. The molecule has 0 saturated carbocycles. The molecule has 0 aromatic heterocycles. The van der Waals surface area contributed by atoms with E-state index in [1.807, 2.05) is 0 Å². The quantitative estimate of drug-likeness (QED) is 0.534. The first-order valence-corrected chi connectivity index (χ1v) is 6.02. The molecule has 19 heavy (non-hydrogen) atoms. The number of carbonyl (C=O) groups is 3. The minimum Gasteiger partial charge on any atom is -0.479 e. The van der Waals surface area contributed by atoms with Crippen molar-refractivity contribution < 1.29 is 29.7 Å². The number of Topliss-reactive ketones (excluding diaryl/α,β-unsaturated/α-hetero) is 1. The van der Waals surface area contributed by atoms with Gasteiger partial charge in [-0.3, -0.25) is 9.59 Å². The number of carboxylic acid groups (broad SMARTS) is 1. The number of hydrogen-bond donors (Lipinski definition) is 3. The average Bonchev–Trinajstić information content (AvgIpc) is 2.32. The fraction of sp³-hybridized carbons (Fsp3) is 0.750. The van der Waals surface area contributed by atoms with Crippen molar-refractivity contribution in [2.24, 2.45) is 0 Å². The molecule has 0 radical (unpaired) electrons. The standard InChI is InChI=1S/C12H21NO6/c1-5-6-8(13(4)10(16)7(2)14)9(15)12(3,19)11(17)18/h7-8,14,19H,5-6H2,1-4H3,(H,17,18)/t7-,8+,12+/m1/s1. The van der Waals surface area contributed by atoms with Crippen LogP contribution in [0, 0.1) is 0 Å². The largest absolute Gasteiger partial charge is 0.479 e. The molecule has 0 unspecified atom stereocenters. The van der Waals surface area contributed by atoms with Gasteiger partial charge >= 0.3 is 5.97 Å². The van der Waals surface area contributed by atoms with Gasteiger partial charge in [-0.2, -0.15) is 0 Å². The van der Waals surface area contributed by atoms with Crippen molar-refractivity contribution in [3.05, 3.63) is 0 Å². The molecule has 0 saturated heterocycles. The second kappa shape index (κ2) is 6.63. The predicted molar refractivity (Wildman–Crippen MR) is 66.4 cm³/mol. The van der Waals surface area contributed by atoms with Crippen molar-refractivity contribution in [3.63, 3.8) is 0 Å². The first-order chi connectivity index (χ1) is 8.57. The van der Waals surface area contributed by atoms with Crippen LogP contribution in [0.25, 0.3) is 0 Å². The zero-order valence-corrected chi connectivity index (χ0v) is 11.6. The van der Waals surface area contributed by atoms with Crippen LogP contribution in [0.1, 0.15) is 33.6 Å². The van der Waals surface area contributed by atoms with Crippen molar-refractivity contribution >= 4 is 17.7 Å². The Balaban J connectivity index is 5.28. The van der Waals surface area contributed by atoms with Crippen LogP contribution in [0.3, 0.4) is 0 Å². The smallest absolute Gasteiger partial charge is 0.343 e. The molecule has 0 bridgehead atoms. The molecule has 0 heterocycles. The van der Waals surface area contributed by atoms with E-state index in [4.69, 9.17) is 5.11 Å². The SMILES string of the molecule is CCC[C@@H](C(=O)[C@](C)(O)C(=O)O)N(C)C(=O)[C@@H](C)O. The maximum Gasteiger partial charge on any atom is 0.343 e. The Hall–Kier alpha value is -1.47. The van der Waals surface area contributed by atoms with Crippen LogP contribution >= 0.6 is 0 Å². The molecular formula is C12H21NO6. The highest BCUT2D eigenvalue weighted by Gasteiger charge is 2.44. The molecule has 0 aliphatic heterocycles. The van der Waals surface area contributed by atoms with Gasteiger partial charge in [0.1, 0.15) is 6.10 Å². The van der Waals surface area contributed by atoms with E-state index < -0.39 is 35.4 Å².